The van der Waals surface area contributed by atoms with Crippen LogP contribution in [0, 0.1) is 17.3 Å². The van der Waals surface area contributed by atoms with Crippen molar-refractivity contribution in [2.45, 2.75) is 53.6 Å². The molecule has 1 aromatic rings. The third kappa shape index (κ3) is 3.48. The number of halogens is 1. The molecular formula is C20H27FO. The Balaban J connectivity index is 2.35. The minimum Gasteiger partial charge on any atom is -0.294 e. The van der Waals surface area contributed by atoms with Crippen LogP contribution in [0.5, 0.6) is 0 Å². The number of alkyl halides is 1. The first-order valence-electron chi connectivity index (χ1n) is 8.10. The molecule has 3 atom stereocenters. The first-order valence-corrected chi connectivity index (χ1v) is 8.10. The van der Waals surface area contributed by atoms with Crippen LogP contribution < -0.4 is 0 Å². The fourth-order valence-corrected chi connectivity index (χ4v) is 3.38. The molecule has 0 bridgehead atoms. The summed E-state index contributed by atoms with van der Waals surface area (Å²) in [4.78, 5) is 12.9. The van der Waals surface area contributed by atoms with E-state index in [0.717, 1.165) is 0 Å². The van der Waals surface area contributed by atoms with Crippen molar-refractivity contribution in [3.05, 3.63) is 47.0 Å². The van der Waals surface area contributed by atoms with E-state index in [1.54, 1.807) is 0 Å². The van der Waals surface area contributed by atoms with Gasteiger partial charge < -0.3 is 0 Å². The summed E-state index contributed by atoms with van der Waals surface area (Å²) in [6, 6.07) is 9.32. The minimum atomic E-state index is -0.979. The van der Waals surface area contributed by atoms with E-state index < -0.39 is 11.6 Å². The second-order valence-corrected chi connectivity index (χ2v) is 7.74. The van der Waals surface area contributed by atoms with Gasteiger partial charge in [-0.05, 0) is 32.1 Å². The Morgan fingerprint density at radius 2 is 1.64 bits per heavy atom. The number of rotatable bonds is 3. The predicted octanol–water partition coefficient (Wildman–Crippen LogP) is 5.62. The minimum absolute atomic E-state index is 0.0874. The summed E-state index contributed by atoms with van der Waals surface area (Å²) in [6.45, 7) is 9.90. The summed E-state index contributed by atoms with van der Waals surface area (Å²) < 4.78 is 15.0. The molecule has 0 radical (unpaired) electrons. The van der Waals surface area contributed by atoms with Crippen molar-refractivity contribution < 1.29 is 9.18 Å². The molecule has 120 valence electrons. The largest absolute Gasteiger partial charge is 0.294 e. The lowest BCUT2D eigenvalue weighted by atomic mass is 9.67. The Hall–Kier alpha value is -1.44. The van der Waals surface area contributed by atoms with Gasteiger partial charge in [0.2, 0.25) is 0 Å². The summed E-state index contributed by atoms with van der Waals surface area (Å²) in [6.07, 6.45) is 0.391. The SMILES string of the molecule is CC1=C(C)C[C@@H](C(=O)c2ccccc2)[C@H]([C@H](F)C(C)(C)C)C1. The third-order valence-corrected chi connectivity index (χ3v) is 4.91. The van der Waals surface area contributed by atoms with Crippen molar-refractivity contribution >= 4 is 5.78 Å². The molecule has 1 aromatic carbocycles. The normalized spacial score (nSPS) is 24.3. The molecule has 0 saturated carbocycles. The van der Waals surface area contributed by atoms with Gasteiger partial charge in [0, 0.05) is 17.4 Å². The summed E-state index contributed by atoms with van der Waals surface area (Å²) in [7, 11) is 0. The lowest BCUT2D eigenvalue weighted by Crippen LogP contribution is -2.40. The van der Waals surface area contributed by atoms with Crippen molar-refractivity contribution in [1.29, 1.82) is 0 Å². The number of allylic oxidation sites excluding steroid dienone is 2. The quantitative estimate of drug-likeness (QED) is 0.523. The zero-order chi connectivity index (χ0) is 16.5. The van der Waals surface area contributed by atoms with Gasteiger partial charge in [-0.3, -0.25) is 4.79 Å². The van der Waals surface area contributed by atoms with E-state index >= 15 is 4.39 Å². The molecule has 0 amide bonds. The van der Waals surface area contributed by atoms with Gasteiger partial charge in [-0.2, -0.15) is 0 Å². The molecule has 0 fully saturated rings. The Morgan fingerprint density at radius 3 is 2.18 bits per heavy atom. The zero-order valence-corrected chi connectivity index (χ0v) is 14.3. The number of carbonyl (C=O) groups excluding carboxylic acids is 1. The Morgan fingerprint density at radius 1 is 1.09 bits per heavy atom. The highest BCUT2D eigenvalue weighted by Gasteiger charge is 2.42. The molecule has 0 saturated heterocycles. The summed E-state index contributed by atoms with van der Waals surface area (Å²) in [5.41, 5.74) is 2.75. The fourth-order valence-electron chi connectivity index (χ4n) is 3.38. The van der Waals surface area contributed by atoms with Crippen LogP contribution >= 0.6 is 0 Å². The highest BCUT2D eigenvalue weighted by Crippen LogP contribution is 2.43. The monoisotopic (exact) mass is 302 g/mol. The standard InChI is InChI=1S/C20H27FO/c1-13-11-16(18(22)15-9-7-6-8-10-15)17(12-14(13)2)19(21)20(3,4)5/h6-10,16-17,19H,11-12H2,1-5H3/t16-,17-,19+/m1/s1. The number of Topliss-reactive ketones (excluding diaryl/α,β-unsaturated/α-hetero) is 1. The summed E-state index contributed by atoms with van der Waals surface area (Å²) in [5, 5.41) is 0. The van der Waals surface area contributed by atoms with Gasteiger partial charge in [-0.15, -0.1) is 0 Å². The van der Waals surface area contributed by atoms with E-state index in [2.05, 4.69) is 13.8 Å². The molecule has 1 nitrogen and oxygen atoms in total. The van der Waals surface area contributed by atoms with Crippen LogP contribution in [0.3, 0.4) is 0 Å². The second kappa shape index (κ2) is 6.36. The molecule has 2 heteroatoms. The van der Waals surface area contributed by atoms with Crippen molar-refractivity contribution in [2.24, 2.45) is 17.3 Å². The highest BCUT2D eigenvalue weighted by molar-refractivity contribution is 5.98. The second-order valence-electron chi connectivity index (χ2n) is 7.74. The van der Waals surface area contributed by atoms with Crippen LogP contribution in [-0.4, -0.2) is 12.0 Å². The van der Waals surface area contributed by atoms with Crippen molar-refractivity contribution in [2.75, 3.05) is 0 Å². The fraction of sp³-hybridized carbons (Fsp3) is 0.550. The maximum atomic E-state index is 15.0. The number of ketones is 1. The average molecular weight is 302 g/mol. The van der Waals surface area contributed by atoms with Gasteiger partial charge in [0.15, 0.2) is 5.78 Å². The molecule has 0 spiro atoms. The van der Waals surface area contributed by atoms with Crippen LogP contribution in [0.1, 0.15) is 57.8 Å². The third-order valence-electron chi connectivity index (χ3n) is 4.91. The molecule has 2 rings (SSSR count). The van der Waals surface area contributed by atoms with Crippen LogP contribution in [0.15, 0.2) is 41.5 Å². The molecule has 0 aromatic heterocycles. The van der Waals surface area contributed by atoms with Crippen molar-refractivity contribution in [1.82, 2.24) is 0 Å². The number of hydrogen-bond donors (Lipinski definition) is 0. The molecule has 22 heavy (non-hydrogen) atoms. The molecule has 0 N–H and O–H groups in total. The molecule has 0 heterocycles. The van der Waals surface area contributed by atoms with Crippen molar-refractivity contribution in [3.63, 3.8) is 0 Å². The Kier molecular flexibility index (Phi) is 4.89. The van der Waals surface area contributed by atoms with E-state index in [4.69, 9.17) is 0 Å². The number of benzene rings is 1. The topological polar surface area (TPSA) is 17.1 Å². The maximum absolute atomic E-state index is 15.0. The molecule has 0 aliphatic heterocycles. The van der Waals surface area contributed by atoms with Gasteiger partial charge in [-0.25, -0.2) is 4.39 Å². The predicted molar refractivity (Wildman–Crippen MR) is 89.7 cm³/mol. The maximum Gasteiger partial charge on any atom is 0.166 e. The number of carbonyl (C=O) groups is 1. The van der Waals surface area contributed by atoms with E-state index in [9.17, 15) is 4.79 Å². The first kappa shape index (κ1) is 16.9. The van der Waals surface area contributed by atoms with Crippen LogP contribution in [0.25, 0.3) is 0 Å². The average Bonchev–Trinajstić information content (AvgIpc) is 2.48. The Bertz CT molecular complexity index is 565. The van der Waals surface area contributed by atoms with Gasteiger partial charge >= 0.3 is 0 Å². The Labute approximate surface area is 133 Å². The number of hydrogen-bond acceptors (Lipinski definition) is 1. The first-order chi connectivity index (χ1) is 10.2. The van der Waals surface area contributed by atoms with Crippen LogP contribution in [0.2, 0.25) is 0 Å². The van der Waals surface area contributed by atoms with Crippen LogP contribution in [-0.2, 0) is 0 Å². The van der Waals surface area contributed by atoms with E-state index in [1.807, 2.05) is 51.1 Å². The molecule has 1 aliphatic carbocycles. The van der Waals surface area contributed by atoms with Crippen LogP contribution in [0.4, 0.5) is 4.39 Å². The summed E-state index contributed by atoms with van der Waals surface area (Å²) in [5.74, 6) is -0.388. The van der Waals surface area contributed by atoms with Gasteiger partial charge in [-0.1, -0.05) is 62.2 Å². The highest BCUT2D eigenvalue weighted by atomic mass is 19.1. The van der Waals surface area contributed by atoms with E-state index in [1.165, 1.54) is 11.1 Å². The van der Waals surface area contributed by atoms with E-state index in [0.29, 0.717) is 18.4 Å². The zero-order valence-electron chi connectivity index (χ0n) is 14.3. The van der Waals surface area contributed by atoms with Gasteiger partial charge in [0.1, 0.15) is 6.17 Å². The van der Waals surface area contributed by atoms with Gasteiger partial charge in [0.05, 0.1) is 0 Å². The smallest absolute Gasteiger partial charge is 0.166 e. The van der Waals surface area contributed by atoms with Crippen molar-refractivity contribution in [3.8, 4) is 0 Å². The lowest BCUT2D eigenvalue weighted by molar-refractivity contribution is 0.0488. The molecule has 0 unspecified atom stereocenters. The molecular weight excluding hydrogens is 275 g/mol. The van der Waals surface area contributed by atoms with E-state index in [-0.39, 0.29) is 17.6 Å². The molecule has 1 aliphatic rings. The van der Waals surface area contributed by atoms with Gasteiger partial charge in [0.25, 0.3) is 0 Å². The lowest BCUT2D eigenvalue weighted by Gasteiger charge is -2.39. The summed E-state index contributed by atoms with van der Waals surface area (Å²) >= 11 is 0.